The van der Waals surface area contributed by atoms with E-state index in [1.165, 1.54) is 12.3 Å². The topological polar surface area (TPSA) is 106 Å². The normalized spacial score (nSPS) is 13.9. The molecule has 0 radical (unpaired) electrons. The monoisotopic (exact) mass is 217 g/mol. The third-order valence-electron chi connectivity index (χ3n) is 1.56. The minimum absolute atomic E-state index is 0.279. The summed E-state index contributed by atoms with van der Waals surface area (Å²) in [6, 6.07) is 0.786. The number of nitrogens with two attached hydrogens (primary N) is 1. The maximum Gasteiger partial charge on any atom is 0.247 e. The molecule has 0 aromatic carbocycles. The van der Waals surface area contributed by atoms with Gasteiger partial charge in [0.1, 0.15) is 0 Å². The fraction of sp³-hybridized carbons (Fsp3) is 0.429. The molecule has 7 heteroatoms. The first-order valence-corrected chi connectivity index (χ1v) is 5.73. The second-order valence-electron chi connectivity index (χ2n) is 2.83. The van der Waals surface area contributed by atoms with E-state index >= 15 is 0 Å². The highest BCUT2D eigenvalue weighted by atomic mass is 32.2. The van der Waals surface area contributed by atoms with Gasteiger partial charge in [0.2, 0.25) is 15.0 Å². The van der Waals surface area contributed by atoms with E-state index in [-0.39, 0.29) is 11.8 Å². The molecule has 14 heavy (non-hydrogen) atoms. The van der Waals surface area contributed by atoms with E-state index in [0.717, 1.165) is 6.26 Å². The van der Waals surface area contributed by atoms with Crippen molar-refractivity contribution in [1.82, 2.24) is 9.97 Å². The Bertz CT molecular complexity index is 418. The van der Waals surface area contributed by atoms with Crippen LogP contribution in [0.1, 0.15) is 11.7 Å². The molecule has 78 valence electrons. The molecular formula is C7H11N3O3S. The van der Waals surface area contributed by atoms with Crippen LogP contribution in [-0.2, 0) is 9.84 Å². The fourth-order valence-corrected chi connectivity index (χ4v) is 1.36. The van der Waals surface area contributed by atoms with Crippen molar-refractivity contribution in [3.63, 3.8) is 0 Å². The Labute approximate surface area is 81.7 Å². The average molecular weight is 217 g/mol. The second-order valence-corrected chi connectivity index (χ2v) is 4.73. The predicted molar refractivity (Wildman–Crippen MR) is 49.2 cm³/mol. The van der Waals surface area contributed by atoms with Crippen LogP contribution in [0.4, 0.5) is 0 Å². The summed E-state index contributed by atoms with van der Waals surface area (Å²) in [7, 11) is -3.43. The zero-order valence-electron chi connectivity index (χ0n) is 7.58. The van der Waals surface area contributed by atoms with E-state index in [1.54, 1.807) is 0 Å². The number of aliphatic hydroxyl groups is 1. The molecule has 0 spiro atoms. The Morgan fingerprint density at radius 1 is 1.64 bits per heavy atom. The van der Waals surface area contributed by atoms with Crippen molar-refractivity contribution in [2.24, 2.45) is 5.73 Å². The van der Waals surface area contributed by atoms with Crippen LogP contribution in [0.15, 0.2) is 17.4 Å². The lowest BCUT2D eigenvalue weighted by molar-refractivity contribution is 0.265. The summed E-state index contributed by atoms with van der Waals surface area (Å²) in [6.07, 6.45) is 2.31. The molecule has 1 rings (SSSR count). The molecule has 0 aliphatic carbocycles. The first-order chi connectivity index (χ1) is 6.45. The van der Waals surface area contributed by atoms with Gasteiger partial charge in [-0.05, 0) is 6.07 Å². The van der Waals surface area contributed by atoms with Crippen molar-refractivity contribution in [1.29, 1.82) is 0 Å². The van der Waals surface area contributed by atoms with Gasteiger partial charge >= 0.3 is 0 Å². The Morgan fingerprint density at radius 3 is 2.79 bits per heavy atom. The Hall–Kier alpha value is -1.05. The number of rotatable bonds is 3. The minimum atomic E-state index is -3.43. The van der Waals surface area contributed by atoms with Gasteiger partial charge in [-0.1, -0.05) is 0 Å². The summed E-state index contributed by atoms with van der Waals surface area (Å²) < 4.78 is 22.1. The van der Waals surface area contributed by atoms with E-state index in [2.05, 4.69) is 9.97 Å². The third-order valence-corrected chi connectivity index (χ3v) is 2.42. The second kappa shape index (κ2) is 3.99. The highest BCUT2D eigenvalue weighted by Crippen LogP contribution is 2.08. The lowest BCUT2D eigenvalue weighted by Crippen LogP contribution is -2.17. The molecule has 1 aromatic heterocycles. The summed E-state index contributed by atoms with van der Waals surface area (Å²) in [4.78, 5) is 7.32. The molecular weight excluding hydrogens is 206 g/mol. The van der Waals surface area contributed by atoms with Crippen LogP contribution >= 0.6 is 0 Å². The quantitative estimate of drug-likeness (QED) is 0.621. The van der Waals surface area contributed by atoms with Gasteiger partial charge in [-0.15, -0.1) is 0 Å². The number of hydrogen-bond acceptors (Lipinski definition) is 6. The van der Waals surface area contributed by atoms with Crippen molar-refractivity contribution in [3.05, 3.63) is 18.0 Å². The van der Waals surface area contributed by atoms with Gasteiger partial charge in [-0.25, -0.2) is 18.4 Å². The van der Waals surface area contributed by atoms with Crippen LogP contribution in [0.2, 0.25) is 0 Å². The molecule has 1 aromatic rings. The van der Waals surface area contributed by atoms with Gasteiger partial charge in [-0.3, -0.25) is 0 Å². The van der Waals surface area contributed by atoms with Crippen LogP contribution in [-0.4, -0.2) is 36.4 Å². The molecule has 0 saturated carbocycles. The SMILES string of the molecule is CS(=O)(=O)c1nccc(C(N)CO)n1. The largest absolute Gasteiger partial charge is 0.394 e. The summed E-state index contributed by atoms with van der Waals surface area (Å²) in [5.41, 5.74) is 5.78. The van der Waals surface area contributed by atoms with Gasteiger partial charge in [0.05, 0.1) is 18.3 Å². The van der Waals surface area contributed by atoms with Crippen molar-refractivity contribution < 1.29 is 13.5 Å². The minimum Gasteiger partial charge on any atom is -0.394 e. The number of sulfone groups is 1. The Balaban J connectivity index is 3.14. The molecule has 0 amide bonds. The van der Waals surface area contributed by atoms with E-state index in [0.29, 0.717) is 5.69 Å². The first-order valence-electron chi connectivity index (χ1n) is 3.84. The maximum atomic E-state index is 11.1. The molecule has 3 N–H and O–H groups in total. The van der Waals surface area contributed by atoms with Crippen LogP contribution < -0.4 is 5.73 Å². The van der Waals surface area contributed by atoms with Crippen molar-refractivity contribution in [3.8, 4) is 0 Å². The number of nitrogens with zero attached hydrogens (tertiary/aromatic N) is 2. The molecule has 0 saturated heterocycles. The molecule has 1 heterocycles. The predicted octanol–water partition coefficient (Wildman–Crippen LogP) is -1.13. The lowest BCUT2D eigenvalue weighted by Gasteiger charge is -2.07. The number of aromatic nitrogens is 2. The van der Waals surface area contributed by atoms with Gasteiger partial charge in [0.15, 0.2) is 0 Å². The summed E-state index contributed by atoms with van der Waals surface area (Å²) in [5.74, 6) is 0. The van der Waals surface area contributed by atoms with Crippen molar-refractivity contribution in [2.75, 3.05) is 12.9 Å². The highest BCUT2D eigenvalue weighted by molar-refractivity contribution is 7.90. The lowest BCUT2D eigenvalue weighted by atomic mass is 10.2. The number of hydrogen-bond donors (Lipinski definition) is 2. The molecule has 1 atom stereocenters. The summed E-state index contributed by atoms with van der Waals surface area (Å²) >= 11 is 0. The summed E-state index contributed by atoms with van der Waals surface area (Å²) in [6.45, 7) is -0.291. The average Bonchev–Trinajstić information content (AvgIpc) is 2.15. The van der Waals surface area contributed by atoms with E-state index in [4.69, 9.17) is 10.8 Å². The zero-order valence-corrected chi connectivity index (χ0v) is 8.40. The summed E-state index contributed by atoms with van der Waals surface area (Å²) in [5, 5.41) is 8.47. The standard InChI is InChI=1S/C7H11N3O3S/c1-14(12,13)7-9-3-2-6(10-7)5(8)4-11/h2-3,5,11H,4,8H2,1H3. The van der Waals surface area contributed by atoms with Crippen LogP contribution in [0.5, 0.6) is 0 Å². The first kappa shape index (κ1) is 11.0. The molecule has 0 aliphatic heterocycles. The molecule has 1 unspecified atom stereocenters. The van der Waals surface area contributed by atoms with Crippen molar-refractivity contribution in [2.45, 2.75) is 11.2 Å². The van der Waals surface area contributed by atoms with E-state index in [1.807, 2.05) is 0 Å². The van der Waals surface area contributed by atoms with Crippen LogP contribution in [0.3, 0.4) is 0 Å². The zero-order chi connectivity index (χ0) is 10.8. The molecule has 0 fully saturated rings. The molecule has 0 aliphatic rings. The fourth-order valence-electron chi connectivity index (χ4n) is 0.833. The van der Waals surface area contributed by atoms with E-state index < -0.39 is 15.9 Å². The van der Waals surface area contributed by atoms with Gasteiger partial charge in [0.25, 0.3) is 0 Å². The Kier molecular flexibility index (Phi) is 3.14. The maximum absolute atomic E-state index is 11.1. The van der Waals surface area contributed by atoms with Gasteiger partial charge in [-0.2, -0.15) is 0 Å². The highest BCUT2D eigenvalue weighted by Gasteiger charge is 2.13. The van der Waals surface area contributed by atoms with Gasteiger partial charge < -0.3 is 10.8 Å². The Morgan fingerprint density at radius 2 is 2.29 bits per heavy atom. The number of aliphatic hydroxyl groups excluding tert-OH is 1. The third kappa shape index (κ3) is 2.47. The van der Waals surface area contributed by atoms with Crippen LogP contribution in [0, 0.1) is 0 Å². The van der Waals surface area contributed by atoms with Crippen LogP contribution in [0.25, 0.3) is 0 Å². The molecule has 0 bridgehead atoms. The smallest absolute Gasteiger partial charge is 0.247 e. The molecule has 6 nitrogen and oxygen atoms in total. The van der Waals surface area contributed by atoms with Crippen molar-refractivity contribution >= 4 is 9.84 Å². The van der Waals surface area contributed by atoms with E-state index in [9.17, 15) is 8.42 Å². The van der Waals surface area contributed by atoms with Gasteiger partial charge in [0, 0.05) is 12.5 Å².